The van der Waals surface area contributed by atoms with Gasteiger partial charge in [0.1, 0.15) is 0 Å². The molecule has 0 saturated heterocycles. The first kappa shape index (κ1) is 22.5. The van der Waals surface area contributed by atoms with Crippen LogP contribution in [0.4, 0.5) is 0 Å². The van der Waals surface area contributed by atoms with Crippen LogP contribution in [0.3, 0.4) is 0 Å². The van der Waals surface area contributed by atoms with E-state index in [-0.39, 0.29) is 77.4 Å². The molecule has 0 spiro atoms. The maximum Gasteiger partial charge on any atom is 0.316 e. The van der Waals surface area contributed by atoms with Gasteiger partial charge in [0, 0.05) is 0 Å². The van der Waals surface area contributed by atoms with Crippen molar-refractivity contribution in [2.75, 3.05) is 0 Å². The van der Waals surface area contributed by atoms with Crippen molar-refractivity contribution >= 4 is 83.9 Å². The molecule has 0 aromatic heterocycles. The van der Waals surface area contributed by atoms with E-state index in [4.69, 9.17) is 19.8 Å². The fourth-order valence-corrected chi connectivity index (χ4v) is 0. The zero-order valence-electron chi connectivity index (χ0n) is 3.21. The Hall–Kier alpha value is 1.24. The van der Waals surface area contributed by atoms with Crippen molar-refractivity contribution in [3.05, 3.63) is 0 Å². The molecule has 0 aliphatic heterocycles. The Labute approximate surface area is 107 Å². The molecule has 50 valence electrons. The number of hydrogen-bond donors (Lipinski definition) is 2. The van der Waals surface area contributed by atoms with E-state index in [1.54, 1.807) is 0 Å². The minimum atomic E-state index is -1.82. The summed E-state index contributed by atoms with van der Waals surface area (Å²) in [5, 5.41) is 14.8. The Balaban J connectivity index is -0.0000000417. The van der Waals surface area contributed by atoms with Gasteiger partial charge < -0.3 is 15.7 Å². The first-order valence-electron chi connectivity index (χ1n) is 1.11. The van der Waals surface area contributed by atoms with Crippen molar-refractivity contribution in [3.8, 4) is 0 Å². The molecule has 0 aliphatic rings. The summed E-state index contributed by atoms with van der Waals surface area (Å²) in [6.07, 6.45) is 0. The second kappa shape index (κ2) is 12.0. The van der Waals surface area contributed by atoms with Crippen LogP contribution in [0, 0.1) is 0 Å². The smallest absolute Gasteiger partial charge is 0.316 e. The second-order valence-electron chi connectivity index (χ2n) is 0.610. The first-order chi connectivity index (χ1) is 2.64. The third-order valence-electron chi connectivity index (χ3n) is 0.183. The normalized spacial score (nSPS) is 4.89. The molecule has 0 bridgehead atoms. The molecule has 7 heteroatoms. The van der Waals surface area contributed by atoms with Gasteiger partial charge in [-0.05, 0) is 0 Å². The largest absolute Gasteiger partial charge is 0.316 e. The van der Waals surface area contributed by atoms with Crippen LogP contribution in [0.2, 0.25) is 0 Å². The van der Waals surface area contributed by atoms with Gasteiger partial charge in [-0.2, -0.15) is 0 Å². The predicted octanol–water partition coefficient (Wildman–Crippen LogP) is -3.50. The van der Waals surface area contributed by atoms with Crippen LogP contribution in [0.25, 0.3) is 0 Å². The van der Waals surface area contributed by atoms with Crippen molar-refractivity contribution in [1.82, 2.24) is 0 Å². The van der Waals surface area contributed by atoms with Crippen LogP contribution in [0.1, 0.15) is 0 Å². The molecule has 0 aliphatic carbocycles. The van der Waals surface area contributed by atoms with Crippen LogP contribution < -0.4 is 0 Å². The summed E-state index contributed by atoms with van der Waals surface area (Å²) in [6.45, 7) is 0. The quantitative estimate of drug-likeness (QED) is 0.353. The van der Waals surface area contributed by atoms with Crippen LogP contribution in [0.5, 0.6) is 0 Å². The molecule has 0 radical (unpaired) electrons. The number of rotatable bonds is 0. The van der Waals surface area contributed by atoms with Gasteiger partial charge in [0.15, 0.2) is 0 Å². The third-order valence-corrected chi connectivity index (χ3v) is 0.183. The molecular weight excluding hydrogens is 266 g/mol. The van der Waals surface area contributed by atoms with Crippen LogP contribution in [-0.2, 0) is 9.59 Å². The molecule has 0 fully saturated rings. The Morgan fingerprint density at radius 1 is 1.00 bits per heavy atom. The predicted molar refractivity (Wildman–Crippen MR) is 36.0 cm³/mol. The van der Waals surface area contributed by atoms with Crippen molar-refractivity contribution in [2.24, 2.45) is 0 Å². The number of carboxylic acids is 2. The zero-order valence-corrected chi connectivity index (χ0v) is 3.21. The molecular formula is C2H8BaMgO5. The topological polar surface area (TPSA) is 106 Å². The Morgan fingerprint density at radius 2 is 1.11 bits per heavy atom. The summed E-state index contributed by atoms with van der Waals surface area (Å²) in [6, 6.07) is 0. The Bertz CT molecular complexity index is 81.0. The van der Waals surface area contributed by atoms with Crippen molar-refractivity contribution < 1.29 is 25.3 Å². The van der Waals surface area contributed by atoms with Crippen molar-refractivity contribution in [2.45, 2.75) is 0 Å². The van der Waals surface area contributed by atoms with E-state index in [0.29, 0.717) is 0 Å². The van der Waals surface area contributed by atoms with E-state index in [0.717, 1.165) is 0 Å². The average Bonchev–Trinajstić information content (AvgIpc) is 1.36. The number of hydrogen-bond acceptors (Lipinski definition) is 2. The van der Waals surface area contributed by atoms with E-state index in [1.807, 2.05) is 0 Å². The van der Waals surface area contributed by atoms with Crippen LogP contribution >= 0.6 is 0 Å². The summed E-state index contributed by atoms with van der Waals surface area (Å²) in [5.74, 6) is -3.65. The maximum absolute atomic E-state index is 9.10. The molecule has 9 heavy (non-hydrogen) atoms. The van der Waals surface area contributed by atoms with Crippen LogP contribution in [-0.4, -0.2) is 99.6 Å². The first-order valence-corrected chi connectivity index (χ1v) is 1.11. The van der Waals surface area contributed by atoms with Gasteiger partial charge in [-0.15, -0.1) is 0 Å². The summed E-state index contributed by atoms with van der Waals surface area (Å²) < 4.78 is 0. The van der Waals surface area contributed by atoms with Gasteiger partial charge in [0.2, 0.25) is 0 Å². The zero-order chi connectivity index (χ0) is 5.15. The van der Waals surface area contributed by atoms with Crippen molar-refractivity contribution in [3.63, 3.8) is 0 Å². The van der Waals surface area contributed by atoms with Gasteiger partial charge in [-0.25, -0.2) is 9.59 Å². The molecule has 5 nitrogen and oxygen atoms in total. The fourth-order valence-electron chi connectivity index (χ4n) is 0. The molecule has 0 unspecified atom stereocenters. The molecule has 4 N–H and O–H groups in total. The standard InChI is InChI=1S/C2H2O4.Ba.Mg.H2O.4H/c3-1(4)2(5)6;;;;;;;/h(H,3,4)(H,5,6);;;1H2;;;;. The van der Waals surface area contributed by atoms with E-state index < -0.39 is 11.9 Å². The summed E-state index contributed by atoms with van der Waals surface area (Å²) >= 11 is 0. The molecule has 0 saturated carbocycles. The van der Waals surface area contributed by atoms with Crippen molar-refractivity contribution in [1.29, 1.82) is 0 Å². The SMILES string of the molecule is O.O=C(O)C(=O)O.[BaH2].[MgH2]. The Kier molecular flexibility index (Phi) is 29.9. The van der Waals surface area contributed by atoms with Gasteiger partial charge >= 0.3 is 83.9 Å². The monoisotopic (exact) mass is 274 g/mol. The summed E-state index contributed by atoms with van der Waals surface area (Å²) in [7, 11) is 0. The minimum absolute atomic E-state index is 0. The van der Waals surface area contributed by atoms with Gasteiger partial charge in [0.25, 0.3) is 0 Å². The molecule has 0 rings (SSSR count). The molecule has 0 aromatic carbocycles. The molecule has 0 atom stereocenters. The maximum atomic E-state index is 9.10. The number of carbonyl (C=O) groups is 2. The number of aliphatic carboxylic acids is 2. The van der Waals surface area contributed by atoms with Gasteiger partial charge in [0.05, 0.1) is 0 Å². The summed E-state index contributed by atoms with van der Waals surface area (Å²) in [5.41, 5.74) is 0. The Morgan fingerprint density at radius 3 is 1.11 bits per heavy atom. The molecule has 0 amide bonds. The van der Waals surface area contributed by atoms with Gasteiger partial charge in [-0.1, -0.05) is 0 Å². The second-order valence-corrected chi connectivity index (χ2v) is 0.610. The van der Waals surface area contributed by atoms with E-state index in [9.17, 15) is 0 Å². The van der Waals surface area contributed by atoms with E-state index in [1.165, 1.54) is 0 Å². The molecule has 0 heterocycles. The van der Waals surface area contributed by atoms with Crippen LogP contribution in [0.15, 0.2) is 0 Å². The third kappa shape index (κ3) is 17.6. The fraction of sp³-hybridized carbons (Fsp3) is 0. The molecule has 0 aromatic rings. The minimum Gasteiger partial charge on any atom is 0.316 e. The summed E-state index contributed by atoms with van der Waals surface area (Å²) in [4.78, 5) is 18.2. The van der Waals surface area contributed by atoms with E-state index in [2.05, 4.69) is 0 Å². The van der Waals surface area contributed by atoms with Gasteiger partial charge in [-0.3, -0.25) is 0 Å². The average molecular weight is 274 g/mol. The number of carboxylic acid groups (broad SMARTS) is 2. The van der Waals surface area contributed by atoms with E-state index >= 15 is 0 Å².